The van der Waals surface area contributed by atoms with Crippen molar-refractivity contribution in [3.63, 3.8) is 0 Å². The number of carbonyl (C=O) groups excluding carboxylic acids is 1. The van der Waals surface area contributed by atoms with Crippen LogP contribution in [0.4, 0.5) is 26.6 Å². The summed E-state index contributed by atoms with van der Waals surface area (Å²) in [7, 11) is 1.57. The number of nitrogens with zero attached hydrogens (tertiary/aromatic N) is 5. The van der Waals surface area contributed by atoms with Gasteiger partial charge in [-0.15, -0.1) is 0 Å². The third-order valence-corrected chi connectivity index (χ3v) is 6.56. The van der Waals surface area contributed by atoms with E-state index in [1.54, 1.807) is 36.3 Å². The molecule has 3 heterocycles. The number of hydrogen-bond donors (Lipinski definition) is 2. The van der Waals surface area contributed by atoms with Crippen molar-refractivity contribution in [2.45, 2.75) is 0 Å². The molecule has 1 saturated heterocycles. The minimum atomic E-state index is -0.304. The number of carbonyl (C=O) groups is 1. The molecule has 0 unspecified atom stereocenters. The number of aromatic nitrogens is 3. The number of hydrogen-bond acceptors (Lipinski definition) is 8. The Kier molecular flexibility index (Phi) is 5.84. The van der Waals surface area contributed by atoms with Gasteiger partial charge in [0.05, 0.1) is 12.8 Å². The van der Waals surface area contributed by atoms with Crippen LogP contribution in [-0.4, -0.2) is 59.2 Å². The maximum Gasteiger partial charge on any atom is 0.322 e. The maximum atomic E-state index is 13.3. The standard InChI is InChI=1S/C23H22FN7O2S/c1-33-17-5-3-2-4-16(17)26-23(32)31-12-10-30(11-13-31)19-18-21(29-22(25)28-19)34-20(27-18)14-6-8-15(24)9-7-14/h2-9H,10-13H2,1H3,(H,26,32)(H2,25,28,29). The van der Waals surface area contributed by atoms with Crippen LogP contribution in [0.1, 0.15) is 0 Å². The molecule has 1 fully saturated rings. The number of nitrogens with two attached hydrogens (primary N) is 1. The molecule has 4 aromatic rings. The number of anilines is 3. The van der Waals surface area contributed by atoms with E-state index in [4.69, 9.17) is 15.5 Å². The number of nitrogens with one attached hydrogen (secondary N) is 1. The summed E-state index contributed by atoms with van der Waals surface area (Å²) < 4.78 is 18.6. The molecule has 0 spiro atoms. The highest BCUT2D eigenvalue weighted by Crippen LogP contribution is 2.34. The van der Waals surface area contributed by atoms with Gasteiger partial charge in [-0.1, -0.05) is 23.5 Å². The molecule has 0 bridgehead atoms. The van der Waals surface area contributed by atoms with Crippen molar-refractivity contribution in [3.05, 3.63) is 54.3 Å². The highest BCUT2D eigenvalue weighted by atomic mass is 32.1. The predicted octanol–water partition coefficient (Wildman–Crippen LogP) is 3.84. The molecular formula is C23H22FN7O2S. The number of fused-ring (bicyclic) bond motifs is 1. The SMILES string of the molecule is COc1ccccc1NC(=O)N1CCN(c2nc(N)nc3sc(-c4ccc(F)cc4)nc23)CC1. The van der Waals surface area contributed by atoms with Gasteiger partial charge >= 0.3 is 6.03 Å². The molecule has 3 N–H and O–H groups in total. The topological polar surface area (TPSA) is 110 Å². The van der Waals surface area contributed by atoms with Crippen LogP contribution in [0, 0.1) is 5.82 Å². The first kappa shape index (κ1) is 21.8. The van der Waals surface area contributed by atoms with Crippen molar-refractivity contribution >= 4 is 45.2 Å². The molecule has 5 rings (SSSR count). The van der Waals surface area contributed by atoms with Gasteiger partial charge in [-0.2, -0.15) is 4.98 Å². The van der Waals surface area contributed by atoms with Crippen molar-refractivity contribution in [2.24, 2.45) is 0 Å². The Morgan fingerprint density at radius 2 is 1.79 bits per heavy atom. The van der Waals surface area contributed by atoms with E-state index >= 15 is 0 Å². The zero-order valence-corrected chi connectivity index (χ0v) is 19.2. The molecule has 2 aromatic carbocycles. The number of urea groups is 1. The zero-order chi connectivity index (χ0) is 23.7. The second-order valence-electron chi connectivity index (χ2n) is 7.69. The second-order valence-corrected chi connectivity index (χ2v) is 8.67. The minimum absolute atomic E-state index is 0.160. The summed E-state index contributed by atoms with van der Waals surface area (Å²) >= 11 is 1.38. The first-order valence-electron chi connectivity index (χ1n) is 10.7. The largest absolute Gasteiger partial charge is 0.495 e. The molecule has 0 aliphatic carbocycles. The van der Waals surface area contributed by atoms with Crippen LogP contribution in [0.2, 0.25) is 0 Å². The quantitative estimate of drug-likeness (QED) is 0.458. The Morgan fingerprint density at radius 1 is 1.06 bits per heavy atom. The lowest BCUT2D eigenvalue weighted by Crippen LogP contribution is -2.50. The van der Waals surface area contributed by atoms with Crippen LogP contribution in [0.5, 0.6) is 5.75 Å². The van der Waals surface area contributed by atoms with E-state index in [-0.39, 0.29) is 17.8 Å². The summed E-state index contributed by atoms with van der Waals surface area (Å²) in [5.41, 5.74) is 8.05. The average molecular weight is 480 g/mol. The summed E-state index contributed by atoms with van der Waals surface area (Å²) in [5.74, 6) is 1.10. The molecule has 9 nitrogen and oxygen atoms in total. The highest BCUT2D eigenvalue weighted by Gasteiger charge is 2.25. The lowest BCUT2D eigenvalue weighted by Gasteiger charge is -2.35. The van der Waals surface area contributed by atoms with Crippen molar-refractivity contribution in [1.29, 1.82) is 0 Å². The number of amides is 2. The molecule has 1 aliphatic rings. The predicted molar refractivity (Wildman–Crippen MR) is 131 cm³/mol. The van der Waals surface area contributed by atoms with E-state index in [1.807, 2.05) is 12.1 Å². The summed E-state index contributed by atoms with van der Waals surface area (Å²) in [6.07, 6.45) is 0. The van der Waals surface area contributed by atoms with Crippen molar-refractivity contribution in [3.8, 4) is 16.3 Å². The summed E-state index contributed by atoms with van der Waals surface area (Å²) in [6.45, 7) is 2.13. The Morgan fingerprint density at radius 3 is 2.53 bits per heavy atom. The molecule has 0 radical (unpaired) electrons. The fraction of sp³-hybridized carbons (Fsp3) is 0.217. The van der Waals surface area contributed by atoms with Crippen LogP contribution in [-0.2, 0) is 0 Å². The summed E-state index contributed by atoms with van der Waals surface area (Å²) in [5, 5.41) is 3.62. The number of nitrogen functional groups attached to an aromatic ring is 1. The van der Waals surface area contributed by atoms with Crippen LogP contribution < -0.4 is 20.7 Å². The van der Waals surface area contributed by atoms with E-state index in [0.717, 1.165) is 5.56 Å². The Bertz CT molecular complexity index is 1340. The van der Waals surface area contributed by atoms with Gasteiger partial charge in [0.1, 0.15) is 22.1 Å². The number of para-hydroxylation sites is 2. The van der Waals surface area contributed by atoms with E-state index < -0.39 is 0 Å². The smallest absolute Gasteiger partial charge is 0.322 e. The first-order valence-corrected chi connectivity index (χ1v) is 11.5. The van der Waals surface area contributed by atoms with Gasteiger partial charge in [-0.25, -0.2) is 19.2 Å². The van der Waals surface area contributed by atoms with Crippen LogP contribution in [0.15, 0.2) is 48.5 Å². The van der Waals surface area contributed by atoms with Crippen LogP contribution in [0.3, 0.4) is 0 Å². The van der Waals surface area contributed by atoms with Crippen molar-refractivity contribution in [1.82, 2.24) is 19.9 Å². The molecule has 0 atom stereocenters. The number of piperazine rings is 1. The number of rotatable bonds is 4. The van der Waals surface area contributed by atoms with Crippen molar-refractivity contribution in [2.75, 3.05) is 49.2 Å². The normalized spacial score (nSPS) is 13.8. The Labute approximate surface area is 199 Å². The Balaban J connectivity index is 1.33. The van der Waals surface area contributed by atoms with Gasteiger partial charge in [0.25, 0.3) is 0 Å². The second kappa shape index (κ2) is 9.10. The number of benzene rings is 2. The average Bonchev–Trinajstić information content (AvgIpc) is 3.28. The highest BCUT2D eigenvalue weighted by molar-refractivity contribution is 7.21. The molecule has 11 heteroatoms. The zero-order valence-electron chi connectivity index (χ0n) is 18.4. The molecule has 2 amide bonds. The van der Waals surface area contributed by atoms with Crippen LogP contribution in [0.25, 0.3) is 20.9 Å². The molecular weight excluding hydrogens is 457 g/mol. The molecule has 1 aliphatic heterocycles. The fourth-order valence-electron chi connectivity index (χ4n) is 3.82. The van der Waals surface area contributed by atoms with E-state index in [2.05, 4.69) is 20.2 Å². The Hall–Kier alpha value is -3.99. The molecule has 174 valence electrons. The van der Waals surface area contributed by atoms with E-state index in [0.29, 0.717) is 58.8 Å². The lowest BCUT2D eigenvalue weighted by molar-refractivity contribution is 0.208. The maximum absolute atomic E-state index is 13.3. The monoisotopic (exact) mass is 479 g/mol. The number of methoxy groups -OCH3 is 1. The number of halogens is 1. The van der Waals surface area contributed by atoms with Gasteiger partial charge in [0.15, 0.2) is 10.6 Å². The van der Waals surface area contributed by atoms with Gasteiger partial charge in [0.2, 0.25) is 5.95 Å². The van der Waals surface area contributed by atoms with Gasteiger partial charge in [0, 0.05) is 31.7 Å². The molecule has 34 heavy (non-hydrogen) atoms. The van der Waals surface area contributed by atoms with E-state index in [9.17, 15) is 9.18 Å². The minimum Gasteiger partial charge on any atom is -0.495 e. The third-order valence-electron chi connectivity index (χ3n) is 5.56. The number of thiazole rings is 1. The van der Waals surface area contributed by atoms with Gasteiger partial charge in [-0.05, 0) is 36.4 Å². The van der Waals surface area contributed by atoms with Gasteiger partial charge in [-0.3, -0.25) is 0 Å². The third kappa shape index (κ3) is 4.29. The number of ether oxygens (including phenoxy) is 1. The fourth-order valence-corrected chi connectivity index (χ4v) is 4.77. The summed E-state index contributed by atoms with van der Waals surface area (Å²) in [4.78, 5) is 30.8. The first-order chi connectivity index (χ1) is 16.5. The van der Waals surface area contributed by atoms with E-state index in [1.165, 1.54) is 23.5 Å². The molecule has 0 saturated carbocycles. The van der Waals surface area contributed by atoms with Crippen molar-refractivity contribution < 1.29 is 13.9 Å². The van der Waals surface area contributed by atoms with Crippen LogP contribution >= 0.6 is 11.3 Å². The van der Waals surface area contributed by atoms with Gasteiger partial charge < -0.3 is 25.6 Å². The summed E-state index contributed by atoms with van der Waals surface area (Å²) in [6, 6.07) is 13.3. The lowest BCUT2D eigenvalue weighted by atomic mass is 10.2. The molecule has 2 aromatic heterocycles.